The van der Waals surface area contributed by atoms with Gasteiger partial charge in [0.2, 0.25) is 0 Å². The number of nitrogens with zero attached hydrogens (tertiary/aromatic N) is 1. The Morgan fingerprint density at radius 2 is 2.00 bits per heavy atom. The van der Waals surface area contributed by atoms with E-state index in [-0.39, 0.29) is 24.9 Å². The van der Waals surface area contributed by atoms with Crippen LogP contribution in [-0.4, -0.2) is 34.1 Å². The van der Waals surface area contributed by atoms with Crippen molar-refractivity contribution < 1.29 is 24.2 Å². The molecule has 0 radical (unpaired) electrons. The number of aromatic amines is 1. The molecule has 3 aromatic rings. The summed E-state index contributed by atoms with van der Waals surface area (Å²) in [5, 5.41) is 10.9. The van der Waals surface area contributed by atoms with Gasteiger partial charge in [-0.05, 0) is 11.6 Å². The molecule has 0 aliphatic rings. The van der Waals surface area contributed by atoms with Gasteiger partial charge in [0.25, 0.3) is 0 Å². The smallest absolute Gasteiger partial charge is 0.354 e. The van der Waals surface area contributed by atoms with Gasteiger partial charge in [0, 0.05) is 35.9 Å². The van der Waals surface area contributed by atoms with Crippen molar-refractivity contribution in [3.05, 3.63) is 41.2 Å². The average Bonchev–Trinajstić information content (AvgIpc) is 2.92. The number of fused-ring (bicyclic) bond motifs is 3. The molecule has 1 aromatic carbocycles. The lowest BCUT2D eigenvalue weighted by atomic mass is 10.0. The van der Waals surface area contributed by atoms with Crippen molar-refractivity contribution in [2.75, 3.05) is 7.11 Å². The summed E-state index contributed by atoms with van der Waals surface area (Å²) in [4.78, 5) is 29.9. The third-order valence-corrected chi connectivity index (χ3v) is 3.77. The third kappa shape index (κ3) is 2.69. The van der Waals surface area contributed by atoms with Crippen LogP contribution in [0.15, 0.2) is 24.4 Å². The van der Waals surface area contributed by atoms with Gasteiger partial charge in [0.15, 0.2) is 5.69 Å². The highest BCUT2D eigenvalue weighted by Gasteiger charge is 2.20. The van der Waals surface area contributed by atoms with Crippen LogP contribution in [0.1, 0.15) is 28.5 Å². The standard InChI is InChI=1S/C17H16N2O5/c1-9(20)24-7-10-4-3-5-12-14(10)15-11(8-23-2)16(17(21)22)18-6-13(15)19-12/h3-6,19H,7-8H2,1-2H3,(H,21,22). The Morgan fingerprint density at radius 1 is 1.21 bits per heavy atom. The fourth-order valence-corrected chi connectivity index (χ4v) is 2.85. The average molecular weight is 328 g/mol. The lowest BCUT2D eigenvalue weighted by molar-refractivity contribution is -0.142. The normalized spacial score (nSPS) is 11.1. The fraction of sp³-hybridized carbons (Fsp3) is 0.235. The Morgan fingerprint density at radius 3 is 2.67 bits per heavy atom. The second-order valence-electron chi connectivity index (χ2n) is 5.36. The Balaban J connectivity index is 2.34. The van der Waals surface area contributed by atoms with E-state index in [1.54, 1.807) is 0 Å². The molecule has 3 rings (SSSR count). The summed E-state index contributed by atoms with van der Waals surface area (Å²) in [5.74, 6) is -1.49. The van der Waals surface area contributed by atoms with Crippen LogP contribution in [0.25, 0.3) is 21.8 Å². The highest BCUT2D eigenvalue weighted by molar-refractivity contribution is 6.12. The van der Waals surface area contributed by atoms with Crippen LogP contribution >= 0.6 is 0 Å². The number of carboxylic acid groups (broad SMARTS) is 1. The van der Waals surface area contributed by atoms with E-state index in [1.807, 2.05) is 18.2 Å². The zero-order valence-electron chi connectivity index (χ0n) is 13.3. The van der Waals surface area contributed by atoms with Crippen LogP contribution in [0.3, 0.4) is 0 Å². The van der Waals surface area contributed by atoms with Gasteiger partial charge in [-0.1, -0.05) is 12.1 Å². The summed E-state index contributed by atoms with van der Waals surface area (Å²) < 4.78 is 10.3. The van der Waals surface area contributed by atoms with Crippen LogP contribution in [0.5, 0.6) is 0 Å². The zero-order valence-corrected chi connectivity index (χ0v) is 13.3. The van der Waals surface area contributed by atoms with E-state index in [0.717, 1.165) is 21.9 Å². The van der Waals surface area contributed by atoms with E-state index in [4.69, 9.17) is 9.47 Å². The molecule has 0 bridgehead atoms. The molecule has 0 amide bonds. The quantitative estimate of drug-likeness (QED) is 0.698. The number of benzene rings is 1. The molecule has 0 saturated carbocycles. The van der Waals surface area contributed by atoms with Crippen molar-refractivity contribution in [2.24, 2.45) is 0 Å². The number of aromatic nitrogens is 2. The van der Waals surface area contributed by atoms with Crippen molar-refractivity contribution in [3.8, 4) is 0 Å². The number of hydrogen-bond donors (Lipinski definition) is 2. The Bertz CT molecular complexity index is 945. The van der Waals surface area contributed by atoms with Gasteiger partial charge in [0.05, 0.1) is 18.3 Å². The first-order valence-corrected chi connectivity index (χ1v) is 7.29. The van der Waals surface area contributed by atoms with Crippen molar-refractivity contribution in [3.63, 3.8) is 0 Å². The van der Waals surface area contributed by atoms with Crippen LogP contribution < -0.4 is 0 Å². The van der Waals surface area contributed by atoms with E-state index in [9.17, 15) is 14.7 Å². The van der Waals surface area contributed by atoms with Gasteiger partial charge < -0.3 is 19.6 Å². The van der Waals surface area contributed by atoms with Gasteiger partial charge in [0.1, 0.15) is 6.61 Å². The number of methoxy groups -OCH3 is 1. The van der Waals surface area contributed by atoms with Gasteiger partial charge in [-0.2, -0.15) is 0 Å². The highest BCUT2D eigenvalue weighted by atomic mass is 16.5. The summed E-state index contributed by atoms with van der Waals surface area (Å²) >= 11 is 0. The van der Waals surface area contributed by atoms with E-state index >= 15 is 0 Å². The molecule has 24 heavy (non-hydrogen) atoms. The molecule has 124 valence electrons. The molecule has 0 saturated heterocycles. The number of carbonyl (C=O) groups is 2. The Hall–Kier alpha value is -2.93. The lowest BCUT2D eigenvalue weighted by Crippen LogP contribution is -2.07. The number of rotatable bonds is 5. The number of H-pyrrole nitrogens is 1. The zero-order chi connectivity index (χ0) is 17.3. The summed E-state index contributed by atoms with van der Waals surface area (Å²) in [6.07, 6.45) is 1.49. The number of carbonyl (C=O) groups excluding carboxylic acids is 1. The number of aromatic carboxylic acids is 1. The molecular weight excluding hydrogens is 312 g/mol. The Labute approximate surface area is 137 Å². The van der Waals surface area contributed by atoms with Crippen LogP contribution in [0.4, 0.5) is 0 Å². The second kappa shape index (κ2) is 6.29. The molecule has 2 N–H and O–H groups in total. The maximum absolute atomic E-state index is 11.5. The van der Waals surface area contributed by atoms with Crippen molar-refractivity contribution >= 4 is 33.7 Å². The van der Waals surface area contributed by atoms with Gasteiger partial charge >= 0.3 is 11.9 Å². The van der Waals surface area contributed by atoms with Crippen LogP contribution in [0, 0.1) is 0 Å². The molecule has 0 aliphatic carbocycles. The number of hydrogen-bond acceptors (Lipinski definition) is 5. The first-order valence-electron chi connectivity index (χ1n) is 7.29. The summed E-state index contributed by atoms with van der Waals surface area (Å²) in [6.45, 7) is 1.57. The molecule has 0 spiro atoms. The van der Waals surface area contributed by atoms with Crippen molar-refractivity contribution in [1.29, 1.82) is 0 Å². The predicted molar refractivity (Wildman–Crippen MR) is 86.7 cm³/mol. The largest absolute Gasteiger partial charge is 0.477 e. The third-order valence-electron chi connectivity index (χ3n) is 3.77. The van der Waals surface area contributed by atoms with Crippen molar-refractivity contribution in [1.82, 2.24) is 9.97 Å². The summed E-state index contributed by atoms with van der Waals surface area (Å²) in [7, 11) is 1.50. The topological polar surface area (TPSA) is 102 Å². The monoisotopic (exact) mass is 328 g/mol. The molecule has 0 unspecified atom stereocenters. The van der Waals surface area contributed by atoms with Crippen LogP contribution in [0.2, 0.25) is 0 Å². The second-order valence-corrected chi connectivity index (χ2v) is 5.36. The van der Waals surface area contributed by atoms with E-state index in [1.165, 1.54) is 20.2 Å². The van der Waals surface area contributed by atoms with Gasteiger partial charge in [-0.3, -0.25) is 4.79 Å². The number of ether oxygens (including phenoxy) is 2. The first-order chi connectivity index (χ1) is 11.5. The van der Waals surface area contributed by atoms with E-state index in [2.05, 4.69) is 9.97 Å². The molecule has 2 aromatic heterocycles. The minimum atomic E-state index is -1.12. The molecule has 7 heteroatoms. The molecule has 0 fully saturated rings. The molecular formula is C17H16N2O5. The minimum absolute atomic E-state index is 0.0486. The number of carboxylic acids is 1. The maximum Gasteiger partial charge on any atom is 0.354 e. The van der Waals surface area contributed by atoms with Gasteiger partial charge in [-0.15, -0.1) is 0 Å². The van der Waals surface area contributed by atoms with Gasteiger partial charge in [-0.25, -0.2) is 9.78 Å². The van der Waals surface area contributed by atoms with E-state index in [0.29, 0.717) is 11.1 Å². The molecule has 0 aliphatic heterocycles. The minimum Gasteiger partial charge on any atom is -0.477 e. The lowest BCUT2D eigenvalue weighted by Gasteiger charge is -2.09. The number of esters is 1. The maximum atomic E-state index is 11.5. The van der Waals surface area contributed by atoms with Crippen molar-refractivity contribution in [2.45, 2.75) is 20.1 Å². The van der Waals surface area contributed by atoms with E-state index < -0.39 is 5.97 Å². The molecule has 7 nitrogen and oxygen atoms in total. The fourth-order valence-electron chi connectivity index (χ4n) is 2.85. The molecule has 2 heterocycles. The summed E-state index contributed by atoms with van der Waals surface area (Å²) in [6, 6.07) is 5.57. The SMILES string of the molecule is COCc1c(C(=O)O)ncc2[nH]c3cccc(COC(C)=O)c3c12. The predicted octanol–water partition coefficient (Wildman–Crippen LogP) is 2.62. The number of nitrogens with one attached hydrogen (secondary N) is 1. The Kier molecular flexibility index (Phi) is 4.18. The van der Waals surface area contributed by atoms with Crippen LogP contribution in [-0.2, 0) is 27.5 Å². The molecule has 0 atom stereocenters. The number of pyridine rings is 1. The first kappa shape index (κ1) is 15.9. The summed E-state index contributed by atoms with van der Waals surface area (Å²) in [5.41, 5.74) is 2.75. The highest BCUT2D eigenvalue weighted by Crippen LogP contribution is 2.32.